The quantitative estimate of drug-likeness (QED) is 0.833. The molecule has 102 valence electrons. The average molecular weight is 289 g/mol. The van der Waals surface area contributed by atoms with Crippen molar-refractivity contribution < 1.29 is 12.6 Å². The summed E-state index contributed by atoms with van der Waals surface area (Å²) in [7, 11) is -4.53. The lowest BCUT2D eigenvalue weighted by Crippen LogP contribution is -2.21. The van der Waals surface area contributed by atoms with E-state index in [9.17, 15) is 12.6 Å². The van der Waals surface area contributed by atoms with E-state index in [4.69, 9.17) is 5.73 Å². The maximum atomic E-state index is 12.0. The molecule has 0 radical (unpaired) electrons. The van der Waals surface area contributed by atoms with Gasteiger partial charge in [0.05, 0.1) is 26.7 Å². The molecule has 1 unspecified atom stereocenters. The second-order valence-electron chi connectivity index (χ2n) is 4.51. The van der Waals surface area contributed by atoms with Crippen molar-refractivity contribution in [3.05, 3.63) is 23.8 Å². The van der Waals surface area contributed by atoms with Gasteiger partial charge in [-0.1, -0.05) is 6.07 Å². The summed E-state index contributed by atoms with van der Waals surface area (Å²) in [4.78, 5) is 0.513. The maximum absolute atomic E-state index is 12.0. The van der Waals surface area contributed by atoms with E-state index in [0.29, 0.717) is 10.6 Å². The van der Waals surface area contributed by atoms with Crippen LogP contribution >= 0.6 is 0 Å². The number of aryl methyl sites for hydroxylation is 1. The summed E-state index contributed by atoms with van der Waals surface area (Å²) < 4.78 is 35.3. The molecule has 0 saturated heterocycles. The number of anilines is 1. The maximum Gasteiger partial charge on any atom is 0.153 e. The van der Waals surface area contributed by atoms with Gasteiger partial charge in [-0.3, -0.25) is 4.21 Å². The normalized spacial score (nSPS) is 13.8. The molecular formula is C12H19NO3S2. The number of benzene rings is 1. The summed E-state index contributed by atoms with van der Waals surface area (Å²) in [5.41, 5.74) is 7.22. The standard InChI is InChI=1S/C12H19NO3S2/c1-9(2)18(15,16)7-6-17(14)12-5-4-10(3)8-11(12)13/h4-5,8-9H,6-7,13H2,1-3H3. The number of sulfone groups is 1. The van der Waals surface area contributed by atoms with Gasteiger partial charge in [-0.25, -0.2) is 8.42 Å². The molecule has 18 heavy (non-hydrogen) atoms. The lowest BCUT2D eigenvalue weighted by Gasteiger charge is -2.09. The molecule has 0 fully saturated rings. The van der Waals surface area contributed by atoms with Gasteiger partial charge >= 0.3 is 0 Å². The van der Waals surface area contributed by atoms with E-state index >= 15 is 0 Å². The molecular weight excluding hydrogens is 270 g/mol. The lowest BCUT2D eigenvalue weighted by molar-refractivity contribution is 0.588. The smallest absolute Gasteiger partial charge is 0.153 e. The molecule has 1 atom stereocenters. The molecule has 1 rings (SSSR count). The highest BCUT2D eigenvalue weighted by Crippen LogP contribution is 2.18. The van der Waals surface area contributed by atoms with E-state index in [1.807, 2.05) is 13.0 Å². The Balaban J connectivity index is 2.78. The third-order valence-corrected chi connectivity index (χ3v) is 6.59. The van der Waals surface area contributed by atoms with E-state index in [1.165, 1.54) is 0 Å². The summed E-state index contributed by atoms with van der Waals surface area (Å²) in [6.45, 7) is 5.14. The van der Waals surface area contributed by atoms with Crippen LogP contribution in [0.2, 0.25) is 0 Å². The monoisotopic (exact) mass is 289 g/mol. The van der Waals surface area contributed by atoms with Gasteiger partial charge in [0.2, 0.25) is 0 Å². The van der Waals surface area contributed by atoms with Crippen LogP contribution in [0.15, 0.2) is 23.1 Å². The second-order valence-corrected chi connectivity index (χ2v) is 8.72. The Morgan fingerprint density at radius 3 is 2.44 bits per heavy atom. The Morgan fingerprint density at radius 1 is 1.33 bits per heavy atom. The third kappa shape index (κ3) is 3.81. The fourth-order valence-corrected chi connectivity index (χ4v) is 4.18. The van der Waals surface area contributed by atoms with Gasteiger partial charge in [-0.2, -0.15) is 0 Å². The van der Waals surface area contributed by atoms with Crippen LogP contribution in [-0.4, -0.2) is 29.4 Å². The average Bonchev–Trinajstić information content (AvgIpc) is 2.25. The van der Waals surface area contributed by atoms with Gasteiger partial charge in [0.1, 0.15) is 0 Å². The van der Waals surface area contributed by atoms with Crippen molar-refractivity contribution in [2.75, 3.05) is 17.2 Å². The van der Waals surface area contributed by atoms with E-state index in [0.717, 1.165) is 5.56 Å². The summed E-state index contributed by atoms with van der Waals surface area (Å²) in [5.74, 6) is 0.0123. The third-order valence-electron chi connectivity index (χ3n) is 2.68. The predicted molar refractivity (Wildman–Crippen MR) is 75.8 cm³/mol. The molecule has 0 aromatic heterocycles. The first-order chi connectivity index (χ1) is 8.24. The molecule has 6 heteroatoms. The molecule has 0 aliphatic carbocycles. The highest BCUT2D eigenvalue weighted by atomic mass is 32.2. The van der Waals surface area contributed by atoms with Crippen LogP contribution in [0.25, 0.3) is 0 Å². The number of nitrogens with two attached hydrogens (primary N) is 1. The van der Waals surface area contributed by atoms with E-state index in [1.54, 1.807) is 26.0 Å². The van der Waals surface area contributed by atoms with E-state index in [2.05, 4.69) is 0 Å². The van der Waals surface area contributed by atoms with Crippen LogP contribution in [-0.2, 0) is 20.6 Å². The van der Waals surface area contributed by atoms with Crippen LogP contribution in [0, 0.1) is 6.92 Å². The van der Waals surface area contributed by atoms with E-state index in [-0.39, 0.29) is 11.5 Å². The SMILES string of the molecule is Cc1ccc(S(=O)CCS(=O)(=O)C(C)C)c(N)c1. The fraction of sp³-hybridized carbons (Fsp3) is 0.500. The van der Waals surface area contributed by atoms with Crippen molar-refractivity contribution in [3.63, 3.8) is 0 Å². The Labute approximate surface area is 111 Å². The van der Waals surface area contributed by atoms with Crippen LogP contribution in [0.1, 0.15) is 19.4 Å². The number of rotatable bonds is 5. The van der Waals surface area contributed by atoms with Gasteiger partial charge in [0.25, 0.3) is 0 Å². The minimum absolute atomic E-state index is 0.0788. The van der Waals surface area contributed by atoms with Crippen LogP contribution < -0.4 is 5.73 Å². The molecule has 0 aliphatic heterocycles. The highest BCUT2D eigenvalue weighted by Gasteiger charge is 2.18. The summed E-state index contributed by atoms with van der Waals surface area (Å²) in [6, 6.07) is 5.26. The topological polar surface area (TPSA) is 77.2 Å². The molecule has 4 nitrogen and oxygen atoms in total. The van der Waals surface area contributed by atoms with Crippen molar-refractivity contribution >= 4 is 26.3 Å². The number of hydrogen-bond donors (Lipinski definition) is 1. The van der Waals surface area contributed by atoms with Crippen molar-refractivity contribution in [3.8, 4) is 0 Å². The minimum Gasteiger partial charge on any atom is -0.398 e. The van der Waals surface area contributed by atoms with Crippen molar-refractivity contribution in [1.29, 1.82) is 0 Å². The zero-order chi connectivity index (χ0) is 13.9. The zero-order valence-corrected chi connectivity index (χ0v) is 12.5. The van der Waals surface area contributed by atoms with Crippen molar-refractivity contribution in [2.24, 2.45) is 0 Å². The first kappa shape index (κ1) is 15.2. The molecule has 0 saturated carbocycles. The van der Waals surface area contributed by atoms with Crippen LogP contribution in [0.3, 0.4) is 0 Å². The minimum atomic E-state index is -3.16. The van der Waals surface area contributed by atoms with E-state index < -0.39 is 25.9 Å². The van der Waals surface area contributed by atoms with Crippen molar-refractivity contribution in [1.82, 2.24) is 0 Å². The van der Waals surface area contributed by atoms with Gasteiger partial charge in [-0.05, 0) is 38.5 Å². The predicted octanol–water partition coefficient (Wildman–Crippen LogP) is 1.51. The van der Waals surface area contributed by atoms with Crippen LogP contribution in [0.5, 0.6) is 0 Å². The Hall–Kier alpha value is -0.880. The molecule has 1 aromatic rings. The zero-order valence-electron chi connectivity index (χ0n) is 10.8. The second kappa shape index (κ2) is 5.84. The first-order valence-corrected chi connectivity index (χ1v) is 8.73. The molecule has 0 bridgehead atoms. The largest absolute Gasteiger partial charge is 0.398 e. The lowest BCUT2D eigenvalue weighted by atomic mass is 10.2. The Kier molecular flexibility index (Phi) is 4.92. The molecule has 0 amide bonds. The number of nitrogen functional groups attached to an aromatic ring is 1. The van der Waals surface area contributed by atoms with Gasteiger partial charge < -0.3 is 5.73 Å². The summed E-state index contributed by atoms with van der Waals surface area (Å²) >= 11 is 0. The molecule has 0 spiro atoms. The first-order valence-electron chi connectivity index (χ1n) is 5.70. The number of hydrogen-bond acceptors (Lipinski definition) is 4. The summed E-state index contributed by atoms with van der Waals surface area (Å²) in [6.07, 6.45) is 0. The molecule has 2 N–H and O–H groups in total. The summed E-state index contributed by atoms with van der Waals surface area (Å²) in [5, 5.41) is -0.440. The Bertz CT molecular complexity index is 550. The highest BCUT2D eigenvalue weighted by molar-refractivity contribution is 7.93. The van der Waals surface area contributed by atoms with Gasteiger partial charge in [-0.15, -0.1) is 0 Å². The molecule has 0 heterocycles. The van der Waals surface area contributed by atoms with Crippen LogP contribution in [0.4, 0.5) is 5.69 Å². The molecule has 0 aliphatic rings. The Morgan fingerprint density at radius 2 is 1.94 bits per heavy atom. The van der Waals surface area contributed by atoms with Gasteiger partial charge in [0.15, 0.2) is 9.84 Å². The van der Waals surface area contributed by atoms with Gasteiger partial charge in [0, 0.05) is 11.4 Å². The molecule has 1 aromatic carbocycles. The van der Waals surface area contributed by atoms with Crippen molar-refractivity contribution in [2.45, 2.75) is 30.9 Å². The fourth-order valence-electron chi connectivity index (χ4n) is 1.41.